The largest absolute Gasteiger partial charge is 0.467 e. The van der Waals surface area contributed by atoms with Crippen LogP contribution < -0.4 is 19.3 Å². The maximum Gasteiger partial charge on any atom is 0.318 e. The number of rotatable bonds is 10. The van der Waals surface area contributed by atoms with Crippen LogP contribution in [-0.2, 0) is 22.5 Å². The molecule has 0 radical (unpaired) electrons. The van der Waals surface area contributed by atoms with Crippen molar-refractivity contribution in [2.45, 2.75) is 32.0 Å². The van der Waals surface area contributed by atoms with Gasteiger partial charge < -0.3 is 28.9 Å². The number of methoxy groups -OCH3 is 1. The molecule has 2 saturated heterocycles. The van der Waals surface area contributed by atoms with Gasteiger partial charge in [0.25, 0.3) is 0 Å². The van der Waals surface area contributed by atoms with Crippen molar-refractivity contribution in [3.63, 3.8) is 0 Å². The highest BCUT2D eigenvalue weighted by Gasteiger charge is 2.29. The molecular weight excluding hydrogens is 563 g/mol. The minimum Gasteiger partial charge on any atom is -0.467 e. The molecule has 0 aliphatic carbocycles. The van der Waals surface area contributed by atoms with Gasteiger partial charge in [-0.05, 0) is 43.3 Å². The van der Waals surface area contributed by atoms with Crippen LogP contribution >= 0.6 is 0 Å². The summed E-state index contributed by atoms with van der Waals surface area (Å²) in [5.74, 6) is 1.57. The summed E-state index contributed by atoms with van der Waals surface area (Å²) in [7, 11) is 1.61. The van der Waals surface area contributed by atoms with Crippen molar-refractivity contribution in [1.82, 2.24) is 19.8 Å². The van der Waals surface area contributed by atoms with Gasteiger partial charge >= 0.3 is 6.01 Å². The highest BCUT2D eigenvalue weighted by atomic mass is 19.1. The number of hydrogen-bond acceptors (Lipinski definition) is 9. The zero-order valence-corrected chi connectivity index (χ0v) is 25.4. The third-order valence-corrected chi connectivity index (χ3v) is 8.67. The first kappa shape index (κ1) is 30.1. The number of likely N-dealkylation sites (tertiary alicyclic amines) is 1. The van der Waals surface area contributed by atoms with Crippen LogP contribution in [0.2, 0.25) is 0 Å². The number of anilines is 2. The van der Waals surface area contributed by atoms with E-state index < -0.39 is 6.17 Å². The predicted molar refractivity (Wildman–Crippen MR) is 168 cm³/mol. The molecule has 1 unspecified atom stereocenters. The molecule has 6 rings (SSSR count). The maximum absolute atomic E-state index is 13.9. The van der Waals surface area contributed by atoms with Gasteiger partial charge in [0.2, 0.25) is 5.91 Å². The molecule has 0 N–H and O–H groups in total. The van der Waals surface area contributed by atoms with Crippen molar-refractivity contribution in [3.05, 3.63) is 60.3 Å². The number of nitrogens with zero attached hydrogens (tertiary/aromatic N) is 6. The molecule has 1 amide bonds. The van der Waals surface area contributed by atoms with Crippen LogP contribution in [0.5, 0.6) is 11.8 Å². The van der Waals surface area contributed by atoms with Crippen LogP contribution in [0.3, 0.4) is 0 Å². The first-order chi connectivity index (χ1) is 21.5. The van der Waals surface area contributed by atoms with Gasteiger partial charge in [0.1, 0.15) is 24.3 Å². The first-order valence-electron chi connectivity index (χ1n) is 15.5. The molecule has 10 nitrogen and oxygen atoms in total. The summed E-state index contributed by atoms with van der Waals surface area (Å²) in [6.45, 7) is 10.1. The molecule has 0 saturated carbocycles. The van der Waals surface area contributed by atoms with Gasteiger partial charge in [0.15, 0.2) is 6.79 Å². The molecule has 4 heterocycles. The Bertz CT molecular complexity index is 1480. The highest BCUT2D eigenvalue weighted by molar-refractivity contribution is 5.96. The van der Waals surface area contributed by atoms with Crippen LogP contribution in [0.15, 0.2) is 49.1 Å². The van der Waals surface area contributed by atoms with Gasteiger partial charge in [-0.2, -0.15) is 9.97 Å². The molecule has 2 aromatic carbocycles. The van der Waals surface area contributed by atoms with Gasteiger partial charge in [-0.3, -0.25) is 9.69 Å². The van der Waals surface area contributed by atoms with E-state index in [0.717, 1.165) is 65.2 Å². The van der Waals surface area contributed by atoms with E-state index in [9.17, 15) is 9.18 Å². The van der Waals surface area contributed by atoms with E-state index in [2.05, 4.69) is 45.5 Å². The molecule has 2 fully saturated rings. The fourth-order valence-corrected chi connectivity index (χ4v) is 6.39. The third kappa shape index (κ3) is 6.73. The Kier molecular flexibility index (Phi) is 9.42. The van der Waals surface area contributed by atoms with E-state index in [1.807, 2.05) is 17.0 Å². The van der Waals surface area contributed by atoms with Crippen molar-refractivity contribution in [1.29, 1.82) is 0 Å². The van der Waals surface area contributed by atoms with E-state index in [4.69, 9.17) is 24.2 Å². The lowest BCUT2D eigenvalue weighted by atomic mass is 10.0. The summed E-state index contributed by atoms with van der Waals surface area (Å²) in [6, 6.07) is 12.7. The highest BCUT2D eigenvalue weighted by Crippen LogP contribution is 2.37. The van der Waals surface area contributed by atoms with E-state index in [1.165, 1.54) is 6.08 Å². The molecular formula is C33H41FN6O4. The van der Waals surface area contributed by atoms with Gasteiger partial charge in [-0.25, -0.2) is 4.39 Å². The fourth-order valence-electron chi connectivity index (χ4n) is 6.39. The standard InChI is InChI=1S/C33H41FN6O4/c1-3-31(41)38-13-15-39(16-14-38)32-28-10-12-40(30-20-26(44-23-42-2)19-24-7-4-5-9-27(24)30)22-29(28)35-33(36-32)43-18-17-37-11-6-8-25(34)21-37/h3-5,7,9,19-20,25H,1,6,8,10-18,21-23H2,2H3. The number of aromatic nitrogens is 2. The number of piperidine rings is 1. The Hall–Kier alpha value is -3.96. The zero-order valence-electron chi connectivity index (χ0n) is 25.4. The summed E-state index contributed by atoms with van der Waals surface area (Å²) in [5.41, 5.74) is 3.12. The topological polar surface area (TPSA) is 83.5 Å². The number of amides is 1. The zero-order chi connectivity index (χ0) is 30.5. The Morgan fingerprint density at radius 2 is 1.91 bits per heavy atom. The number of hydrogen-bond donors (Lipinski definition) is 0. The lowest BCUT2D eigenvalue weighted by molar-refractivity contribution is -0.126. The van der Waals surface area contributed by atoms with Crippen LogP contribution in [0.1, 0.15) is 24.1 Å². The summed E-state index contributed by atoms with van der Waals surface area (Å²) in [4.78, 5) is 30.5. The van der Waals surface area contributed by atoms with Crippen LogP contribution in [0, 0.1) is 0 Å². The number of piperazine rings is 1. The Labute approximate surface area is 258 Å². The van der Waals surface area contributed by atoms with Crippen molar-refractivity contribution < 1.29 is 23.4 Å². The second-order valence-electron chi connectivity index (χ2n) is 11.5. The molecule has 3 aliphatic rings. The quantitative estimate of drug-likeness (QED) is 0.253. The molecule has 11 heteroatoms. The van der Waals surface area contributed by atoms with E-state index in [1.54, 1.807) is 7.11 Å². The van der Waals surface area contributed by atoms with E-state index in [-0.39, 0.29) is 12.7 Å². The number of benzene rings is 2. The number of alkyl halides is 1. The number of halogens is 1. The average Bonchev–Trinajstić information content (AvgIpc) is 3.06. The Morgan fingerprint density at radius 1 is 1.07 bits per heavy atom. The molecule has 44 heavy (non-hydrogen) atoms. The van der Waals surface area contributed by atoms with Gasteiger partial charge in [0, 0.05) is 75.6 Å². The fraction of sp³-hybridized carbons (Fsp3) is 0.485. The third-order valence-electron chi connectivity index (χ3n) is 8.67. The maximum atomic E-state index is 13.9. The lowest BCUT2D eigenvalue weighted by Gasteiger charge is -2.38. The van der Waals surface area contributed by atoms with Gasteiger partial charge in [-0.1, -0.05) is 30.8 Å². The smallest absolute Gasteiger partial charge is 0.318 e. The molecule has 3 aromatic rings. The van der Waals surface area contributed by atoms with Crippen LogP contribution in [0.25, 0.3) is 10.8 Å². The molecule has 234 valence electrons. The predicted octanol–water partition coefficient (Wildman–Crippen LogP) is 3.82. The molecule has 0 spiro atoms. The number of carbonyl (C=O) groups excluding carboxylic acids is 1. The second kappa shape index (κ2) is 13.8. The Balaban J connectivity index is 1.27. The number of fused-ring (bicyclic) bond motifs is 2. The van der Waals surface area contributed by atoms with Crippen molar-refractivity contribution in [3.8, 4) is 11.8 Å². The summed E-state index contributed by atoms with van der Waals surface area (Å²) < 4.78 is 31.1. The molecule has 1 atom stereocenters. The minimum absolute atomic E-state index is 0.0498. The normalized spacial score (nSPS) is 19.1. The Morgan fingerprint density at radius 3 is 2.70 bits per heavy atom. The van der Waals surface area contributed by atoms with Gasteiger partial charge in [-0.15, -0.1) is 0 Å². The summed E-state index contributed by atoms with van der Waals surface area (Å²) >= 11 is 0. The molecule has 1 aromatic heterocycles. The van der Waals surface area contributed by atoms with E-state index in [0.29, 0.717) is 64.9 Å². The summed E-state index contributed by atoms with van der Waals surface area (Å²) in [5, 5.41) is 2.23. The second-order valence-corrected chi connectivity index (χ2v) is 11.5. The SMILES string of the molecule is C=CC(=O)N1CCN(c2nc(OCCN3CCCC(F)C3)nc3c2CCN(c2cc(OCOC)cc4ccccc24)C3)CC1. The van der Waals surface area contributed by atoms with Crippen molar-refractivity contribution in [2.24, 2.45) is 0 Å². The first-order valence-corrected chi connectivity index (χ1v) is 15.5. The van der Waals surface area contributed by atoms with Gasteiger partial charge in [0.05, 0.1) is 12.2 Å². The van der Waals surface area contributed by atoms with Crippen LogP contribution in [0.4, 0.5) is 15.9 Å². The molecule has 0 bridgehead atoms. The number of ether oxygens (including phenoxy) is 3. The monoisotopic (exact) mass is 604 g/mol. The summed E-state index contributed by atoms with van der Waals surface area (Å²) in [6.07, 6.45) is 2.86. The van der Waals surface area contributed by atoms with Crippen LogP contribution in [-0.4, -0.2) is 105 Å². The average molecular weight is 605 g/mol. The minimum atomic E-state index is -0.776. The van der Waals surface area contributed by atoms with Crippen molar-refractivity contribution in [2.75, 3.05) is 82.7 Å². The van der Waals surface area contributed by atoms with Crippen molar-refractivity contribution >= 4 is 28.2 Å². The van der Waals surface area contributed by atoms with E-state index >= 15 is 0 Å². The molecule has 3 aliphatic heterocycles. The lowest BCUT2D eigenvalue weighted by Crippen LogP contribution is -2.49. The number of carbonyl (C=O) groups is 1.